The first-order valence-electron chi connectivity index (χ1n) is 8.43. The second-order valence-electron chi connectivity index (χ2n) is 6.24. The van der Waals surface area contributed by atoms with Crippen LogP contribution in [-0.2, 0) is 6.18 Å². The highest BCUT2D eigenvalue weighted by Gasteiger charge is 2.30. The number of hydrazone groups is 1. The van der Waals surface area contributed by atoms with Gasteiger partial charge in [-0.25, -0.2) is 4.98 Å². The Bertz CT molecular complexity index is 1060. The van der Waals surface area contributed by atoms with Gasteiger partial charge in [-0.15, -0.1) is 0 Å². The number of hydrogen-bond donors (Lipinski definition) is 1. The molecule has 3 rings (SSSR count). The van der Waals surface area contributed by atoms with Gasteiger partial charge in [0.1, 0.15) is 5.82 Å². The van der Waals surface area contributed by atoms with E-state index in [4.69, 9.17) is 0 Å². The minimum atomic E-state index is -4.44. The average Bonchev–Trinajstić information content (AvgIpc) is 2.95. The Kier molecular flexibility index (Phi) is 5.35. The van der Waals surface area contributed by atoms with Crippen molar-refractivity contribution in [3.8, 4) is 5.69 Å². The van der Waals surface area contributed by atoms with E-state index >= 15 is 0 Å². The van der Waals surface area contributed by atoms with E-state index in [-0.39, 0.29) is 11.5 Å². The molecule has 0 aliphatic rings. The number of alkyl halides is 3. The van der Waals surface area contributed by atoms with E-state index in [1.165, 1.54) is 24.4 Å². The van der Waals surface area contributed by atoms with Crippen LogP contribution >= 0.6 is 0 Å². The van der Waals surface area contributed by atoms with E-state index in [9.17, 15) is 23.3 Å². The first kappa shape index (κ1) is 20.1. The van der Waals surface area contributed by atoms with Crippen LogP contribution in [0.3, 0.4) is 0 Å². The molecule has 0 unspecified atom stereocenters. The number of anilines is 1. The lowest BCUT2D eigenvalue weighted by atomic mass is 10.2. The molecule has 1 N–H and O–H groups in total. The van der Waals surface area contributed by atoms with Gasteiger partial charge in [-0.3, -0.25) is 15.5 Å². The van der Waals surface area contributed by atoms with Gasteiger partial charge < -0.3 is 4.57 Å². The number of nitro groups is 1. The Morgan fingerprint density at radius 2 is 1.86 bits per heavy atom. The number of nitrogens with zero attached hydrogens (tertiary/aromatic N) is 4. The molecule has 0 aliphatic heterocycles. The Hall–Kier alpha value is -3.69. The lowest BCUT2D eigenvalue weighted by Gasteiger charge is -2.09. The van der Waals surface area contributed by atoms with Crippen molar-refractivity contribution in [3.63, 3.8) is 0 Å². The minimum Gasteiger partial charge on any atom is -0.318 e. The Balaban J connectivity index is 1.77. The largest absolute Gasteiger partial charge is 0.417 e. The third-order valence-electron chi connectivity index (χ3n) is 4.26. The van der Waals surface area contributed by atoms with E-state index < -0.39 is 16.7 Å². The number of benzene rings is 1. The number of rotatable bonds is 5. The number of aryl methyl sites for hydroxylation is 1. The maximum atomic E-state index is 12.6. The molecule has 0 bridgehead atoms. The number of nitrogens with one attached hydrogen (secondary N) is 1. The van der Waals surface area contributed by atoms with Crippen LogP contribution in [0.25, 0.3) is 5.69 Å². The second kappa shape index (κ2) is 7.74. The highest BCUT2D eigenvalue weighted by molar-refractivity contribution is 5.82. The molecule has 0 amide bonds. The summed E-state index contributed by atoms with van der Waals surface area (Å²) < 4.78 is 39.6. The zero-order valence-corrected chi connectivity index (χ0v) is 15.4. The molecule has 29 heavy (non-hydrogen) atoms. The molecular weight excluding hydrogens is 387 g/mol. The summed E-state index contributed by atoms with van der Waals surface area (Å²) in [5.41, 5.74) is 5.05. The lowest BCUT2D eigenvalue weighted by molar-refractivity contribution is -0.384. The Labute approximate surface area is 163 Å². The van der Waals surface area contributed by atoms with Crippen LogP contribution in [-0.4, -0.2) is 20.7 Å². The third kappa shape index (κ3) is 4.42. The molecular formula is C19H16F3N5O2. The predicted octanol–water partition coefficient (Wildman–Crippen LogP) is 4.86. The molecule has 3 aromatic rings. The molecule has 0 spiro atoms. The highest BCUT2D eigenvalue weighted by atomic mass is 19.4. The fraction of sp³-hybridized carbons (Fsp3) is 0.158. The maximum absolute atomic E-state index is 12.6. The van der Waals surface area contributed by atoms with Crippen LogP contribution < -0.4 is 5.43 Å². The van der Waals surface area contributed by atoms with Gasteiger partial charge in [-0.1, -0.05) is 0 Å². The smallest absolute Gasteiger partial charge is 0.318 e. The number of pyridine rings is 1. The fourth-order valence-electron chi connectivity index (χ4n) is 2.83. The second-order valence-corrected chi connectivity index (χ2v) is 6.24. The molecule has 7 nitrogen and oxygen atoms in total. The summed E-state index contributed by atoms with van der Waals surface area (Å²) in [5.74, 6) is 0.179. The molecule has 0 aliphatic carbocycles. The first-order valence-corrected chi connectivity index (χ1v) is 8.43. The number of hydrogen-bond acceptors (Lipinski definition) is 5. The van der Waals surface area contributed by atoms with Crippen LogP contribution in [0, 0.1) is 24.0 Å². The molecule has 2 aromatic heterocycles. The minimum absolute atomic E-state index is 0.00578. The van der Waals surface area contributed by atoms with Crippen molar-refractivity contribution in [2.24, 2.45) is 5.10 Å². The lowest BCUT2D eigenvalue weighted by Crippen LogP contribution is -2.05. The van der Waals surface area contributed by atoms with Gasteiger partial charge >= 0.3 is 6.18 Å². The summed E-state index contributed by atoms with van der Waals surface area (Å²) in [4.78, 5) is 14.0. The molecule has 0 radical (unpaired) electrons. The molecule has 0 saturated carbocycles. The molecule has 1 aromatic carbocycles. The number of nitro benzene ring substituents is 1. The van der Waals surface area contributed by atoms with Crippen molar-refractivity contribution >= 4 is 17.7 Å². The molecule has 150 valence electrons. The summed E-state index contributed by atoms with van der Waals surface area (Å²) in [6, 6.07) is 10.2. The molecule has 0 fully saturated rings. The Morgan fingerprint density at radius 1 is 1.17 bits per heavy atom. The van der Waals surface area contributed by atoms with Crippen molar-refractivity contribution in [3.05, 3.63) is 81.3 Å². The zero-order valence-electron chi connectivity index (χ0n) is 15.4. The van der Waals surface area contributed by atoms with Gasteiger partial charge in [0.05, 0.1) is 16.7 Å². The summed E-state index contributed by atoms with van der Waals surface area (Å²) in [6.45, 7) is 3.75. The summed E-state index contributed by atoms with van der Waals surface area (Å²) in [5, 5.41) is 14.8. The standard InChI is InChI=1S/C19H16F3N5O2/c1-12-9-14(10-24-25-18-8-3-15(11-23-18)19(20,21)22)13(2)26(12)16-4-6-17(7-5-16)27(28)29/h3-11H,1-2H3,(H,23,25)/b24-10+. The van der Waals surface area contributed by atoms with Gasteiger partial charge in [0.2, 0.25) is 0 Å². The maximum Gasteiger partial charge on any atom is 0.417 e. The van der Waals surface area contributed by atoms with Gasteiger partial charge in [0.15, 0.2) is 0 Å². The van der Waals surface area contributed by atoms with Crippen molar-refractivity contribution in [2.45, 2.75) is 20.0 Å². The molecule has 0 saturated heterocycles. The average molecular weight is 403 g/mol. The van der Waals surface area contributed by atoms with Crippen molar-refractivity contribution in [1.29, 1.82) is 0 Å². The monoisotopic (exact) mass is 403 g/mol. The number of halogens is 3. The van der Waals surface area contributed by atoms with Gasteiger partial charge in [-0.05, 0) is 44.2 Å². The van der Waals surface area contributed by atoms with Crippen molar-refractivity contribution < 1.29 is 18.1 Å². The highest BCUT2D eigenvalue weighted by Crippen LogP contribution is 2.29. The third-order valence-corrected chi connectivity index (χ3v) is 4.26. The van der Waals surface area contributed by atoms with Gasteiger partial charge in [0, 0.05) is 41.0 Å². The van der Waals surface area contributed by atoms with Crippen LogP contribution in [0.15, 0.2) is 53.8 Å². The van der Waals surface area contributed by atoms with Crippen LogP contribution in [0.2, 0.25) is 0 Å². The first-order chi connectivity index (χ1) is 13.7. The summed E-state index contributed by atoms with van der Waals surface area (Å²) in [6.07, 6.45) is -2.17. The van der Waals surface area contributed by atoms with Crippen molar-refractivity contribution in [1.82, 2.24) is 9.55 Å². The SMILES string of the molecule is Cc1cc(/C=N/Nc2ccc(C(F)(F)F)cn2)c(C)n1-c1ccc([N+](=O)[O-])cc1. The predicted molar refractivity (Wildman–Crippen MR) is 102 cm³/mol. The van der Waals surface area contributed by atoms with Gasteiger partial charge in [-0.2, -0.15) is 18.3 Å². The molecule has 10 heteroatoms. The molecule has 0 atom stereocenters. The van der Waals surface area contributed by atoms with E-state index in [1.54, 1.807) is 12.1 Å². The topological polar surface area (TPSA) is 85.3 Å². The van der Waals surface area contributed by atoms with Crippen LogP contribution in [0.4, 0.5) is 24.7 Å². The van der Waals surface area contributed by atoms with E-state index in [0.717, 1.165) is 34.9 Å². The van der Waals surface area contributed by atoms with Crippen molar-refractivity contribution in [2.75, 3.05) is 5.43 Å². The Morgan fingerprint density at radius 3 is 2.41 bits per heavy atom. The summed E-state index contributed by atoms with van der Waals surface area (Å²) in [7, 11) is 0. The fourth-order valence-corrected chi connectivity index (χ4v) is 2.83. The van der Waals surface area contributed by atoms with Gasteiger partial charge in [0.25, 0.3) is 5.69 Å². The van der Waals surface area contributed by atoms with E-state index in [1.807, 2.05) is 24.5 Å². The van der Waals surface area contributed by atoms with E-state index in [2.05, 4.69) is 15.5 Å². The zero-order chi connectivity index (χ0) is 21.2. The quantitative estimate of drug-likeness (QED) is 0.374. The number of non-ortho nitro benzene ring substituents is 1. The normalized spacial score (nSPS) is 11.8. The van der Waals surface area contributed by atoms with Crippen LogP contribution in [0.5, 0.6) is 0 Å². The van der Waals surface area contributed by atoms with E-state index in [0.29, 0.717) is 0 Å². The summed E-state index contributed by atoms with van der Waals surface area (Å²) >= 11 is 0. The molecule has 2 heterocycles. The number of aromatic nitrogens is 2. The van der Waals surface area contributed by atoms with Crippen LogP contribution in [0.1, 0.15) is 22.5 Å².